The number of carbonyl (C=O) groups excluding carboxylic acids is 4. The number of likely N-dealkylation sites (tertiary alicyclic amines) is 1. The summed E-state index contributed by atoms with van der Waals surface area (Å²) in [5.41, 5.74) is 0. The monoisotopic (exact) mass is 403 g/mol. The first-order valence-electron chi connectivity index (χ1n) is 10.0. The van der Waals surface area contributed by atoms with Crippen LogP contribution in [0.4, 0.5) is 5.82 Å². The molecule has 2 heterocycles. The van der Waals surface area contributed by atoms with E-state index in [0.29, 0.717) is 5.76 Å². The van der Waals surface area contributed by atoms with Crippen molar-refractivity contribution >= 4 is 29.5 Å². The van der Waals surface area contributed by atoms with Crippen molar-refractivity contribution in [1.29, 1.82) is 0 Å². The summed E-state index contributed by atoms with van der Waals surface area (Å²) in [6.07, 6.45) is 2.87. The van der Waals surface area contributed by atoms with Crippen LogP contribution in [-0.2, 0) is 23.9 Å². The van der Waals surface area contributed by atoms with E-state index in [9.17, 15) is 19.2 Å². The van der Waals surface area contributed by atoms with Crippen molar-refractivity contribution in [3.05, 3.63) is 11.8 Å². The Morgan fingerprint density at radius 2 is 1.86 bits per heavy atom. The Kier molecular flexibility index (Phi) is 4.92. The molecule has 1 N–H and O–H groups in total. The number of aromatic nitrogens is 1. The number of anilines is 1. The van der Waals surface area contributed by atoms with Crippen LogP contribution >= 0.6 is 0 Å². The molecular formula is C20H25N3O6. The van der Waals surface area contributed by atoms with Crippen molar-refractivity contribution in [1.82, 2.24) is 10.1 Å². The number of amides is 3. The Morgan fingerprint density at radius 1 is 1.24 bits per heavy atom. The SMILES string of the molecule is Cc1cc(NC(=O)COC(=O)[C@H](C(C)C)N2C(=O)[C@@H]3[C@H]4CC[C@@H](C4)[C@@H]3C2=O)no1. The minimum atomic E-state index is -1.03. The minimum Gasteiger partial charge on any atom is -0.454 e. The van der Waals surface area contributed by atoms with Gasteiger partial charge in [-0.05, 0) is 43.9 Å². The topological polar surface area (TPSA) is 119 Å². The van der Waals surface area contributed by atoms with Crippen molar-refractivity contribution in [2.24, 2.45) is 29.6 Å². The maximum absolute atomic E-state index is 13.0. The third-order valence-corrected chi connectivity index (χ3v) is 6.35. The van der Waals surface area contributed by atoms with Crippen molar-refractivity contribution < 1.29 is 28.4 Å². The van der Waals surface area contributed by atoms with Crippen molar-refractivity contribution in [3.8, 4) is 0 Å². The largest absolute Gasteiger partial charge is 0.454 e. The van der Waals surface area contributed by atoms with Crippen LogP contribution in [0.2, 0.25) is 0 Å². The molecule has 0 unspecified atom stereocenters. The average molecular weight is 403 g/mol. The lowest BCUT2D eigenvalue weighted by molar-refractivity contribution is -0.162. The summed E-state index contributed by atoms with van der Waals surface area (Å²) >= 11 is 0. The van der Waals surface area contributed by atoms with Gasteiger partial charge in [0.1, 0.15) is 11.8 Å². The molecule has 2 bridgehead atoms. The molecule has 1 aromatic rings. The van der Waals surface area contributed by atoms with E-state index in [4.69, 9.17) is 9.26 Å². The van der Waals surface area contributed by atoms with Gasteiger partial charge in [0.2, 0.25) is 11.8 Å². The number of hydrogen-bond acceptors (Lipinski definition) is 7. The molecule has 9 nitrogen and oxygen atoms in total. The summed E-state index contributed by atoms with van der Waals surface area (Å²) in [4.78, 5) is 51.9. The van der Waals surface area contributed by atoms with Gasteiger partial charge in [-0.2, -0.15) is 0 Å². The molecule has 9 heteroatoms. The van der Waals surface area contributed by atoms with E-state index in [-0.39, 0.29) is 47.2 Å². The molecule has 156 valence electrons. The molecule has 29 heavy (non-hydrogen) atoms. The van der Waals surface area contributed by atoms with Crippen LogP contribution in [0.5, 0.6) is 0 Å². The van der Waals surface area contributed by atoms with Crippen molar-refractivity contribution in [2.75, 3.05) is 11.9 Å². The normalized spacial score (nSPS) is 28.8. The first-order chi connectivity index (χ1) is 13.8. The highest BCUT2D eigenvalue weighted by atomic mass is 16.5. The fraction of sp³-hybridized carbons (Fsp3) is 0.650. The molecule has 1 saturated heterocycles. The molecule has 0 aromatic carbocycles. The van der Waals surface area contributed by atoms with Crippen LogP contribution in [0.15, 0.2) is 10.6 Å². The number of nitrogens with one attached hydrogen (secondary N) is 1. The molecule has 3 amide bonds. The van der Waals surface area contributed by atoms with Gasteiger partial charge in [-0.25, -0.2) is 4.79 Å². The second-order valence-corrected chi connectivity index (χ2v) is 8.60. The Labute approximate surface area is 168 Å². The predicted molar refractivity (Wildman–Crippen MR) is 99.1 cm³/mol. The van der Waals surface area contributed by atoms with Gasteiger partial charge in [-0.3, -0.25) is 19.3 Å². The number of imide groups is 1. The summed E-state index contributed by atoms with van der Waals surface area (Å²) in [7, 11) is 0. The summed E-state index contributed by atoms with van der Waals surface area (Å²) < 4.78 is 10.0. The highest BCUT2D eigenvalue weighted by Crippen LogP contribution is 2.56. The molecule has 2 aliphatic carbocycles. The Balaban J connectivity index is 1.42. The van der Waals surface area contributed by atoms with Crippen LogP contribution in [0.25, 0.3) is 0 Å². The predicted octanol–water partition coefficient (Wildman–Crippen LogP) is 1.52. The number of hydrogen-bond donors (Lipinski definition) is 1. The number of aryl methyl sites for hydroxylation is 1. The standard InChI is InChI=1S/C20H25N3O6/c1-9(2)17(20(27)28-8-14(24)21-13-6-10(3)29-22-13)23-18(25)15-11-4-5-12(7-11)16(15)19(23)26/h6,9,11-12,15-17H,4-5,7-8H2,1-3H3,(H,21,22,24)/t11-,12-,15-,16+,17-/m0/s1. The number of nitrogens with zero attached hydrogens (tertiary/aromatic N) is 2. The number of fused-ring (bicyclic) bond motifs is 5. The van der Waals surface area contributed by atoms with Gasteiger partial charge in [0.25, 0.3) is 5.91 Å². The van der Waals surface area contributed by atoms with Crippen molar-refractivity contribution in [3.63, 3.8) is 0 Å². The van der Waals surface area contributed by atoms with Crippen LogP contribution in [0.1, 0.15) is 38.9 Å². The number of esters is 1. The number of ether oxygens (including phenoxy) is 1. The summed E-state index contributed by atoms with van der Waals surface area (Å²) in [6, 6.07) is 0.507. The van der Waals surface area contributed by atoms with Gasteiger partial charge >= 0.3 is 5.97 Å². The molecule has 1 aliphatic heterocycles. The van der Waals surface area contributed by atoms with Gasteiger partial charge in [0, 0.05) is 6.07 Å². The summed E-state index contributed by atoms with van der Waals surface area (Å²) in [5.74, 6) is -1.53. The third kappa shape index (κ3) is 3.32. The van der Waals surface area contributed by atoms with Crippen LogP contribution in [0.3, 0.4) is 0 Å². The lowest BCUT2D eigenvalue weighted by Gasteiger charge is -2.28. The lowest BCUT2D eigenvalue weighted by atomic mass is 9.81. The highest BCUT2D eigenvalue weighted by Gasteiger charge is 2.62. The van der Waals surface area contributed by atoms with Crippen molar-refractivity contribution in [2.45, 2.75) is 46.1 Å². The van der Waals surface area contributed by atoms with E-state index in [1.807, 2.05) is 0 Å². The average Bonchev–Trinajstić information content (AvgIpc) is 3.41. The van der Waals surface area contributed by atoms with E-state index >= 15 is 0 Å². The zero-order valence-corrected chi connectivity index (χ0v) is 16.7. The second-order valence-electron chi connectivity index (χ2n) is 8.60. The molecule has 4 rings (SSSR count). The molecular weight excluding hydrogens is 378 g/mol. The van der Waals surface area contributed by atoms with E-state index in [0.717, 1.165) is 24.2 Å². The van der Waals surface area contributed by atoms with Gasteiger partial charge in [0.15, 0.2) is 12.4 Å². The first kappa shape index (κ1) is 19.6. The molecule has 1 aromatic heterocycles. The first-order valence-corrected chi connectivity index (χ1v) is 10.0. The summed E-state index contributed by atoms with van der Waals surface area (Å²) in [5, 5.41) is 6.09. The van der Waals surface area contributed by atoms with Gasteiger partial charge < -0.3 is 14.6 Å². The Morgan fingerprint density at radius 3 is 2.38 bits per heavy atom. The van der Waals surface area contributed by atoms with Crippen LogP contribution in [0, 0.1) is 36.5 Å². The van der Waals surface area contributed by atoms with E-state index in [2.05, 4.69) is 10.5 Å². The zero-order valence-electron chi connectivity index (χ0n) is 16.7. The molecule has 2 saturated carbocycles. The lowest BCUT2D eigenvalue weighted by Crippen LogP contribution is -2.50. The maximum Gasteiger partial charge on any atom is 0.330 e. The quantitative estimate of drug-likeness (QED) is 0.565. The fourth-order valence-corrected chi connectivity index (χ4v) is 5.21. The van der Waals surface area contributed by atoms with Gasteiger partial charge in [-0.1, -0.05) is 19.0 Å². The Bertz CT molecular complexity index is 834. The van der Waals surface area contributed by atoms with Gasteiger partial charge in [0.05, 0.1) is 11.8 Å². The molecule has 0 radical (unpaired) electrons. The molecule has 0 spiro atoms. The number of carbonyl (C=O) groups is 4. The second kappa shape index (κ2) is 7.27. The highest BCUT2D eigenvalue weighted by molar-refractivity contribution is 6.08. The smallest absolute Gasteiger partial charge is 0.330 e. The Hall–Kier alpha value is -2.71. The molecule has 3 aliphatic rings. The van der Waals surface area contributed by atoms with Crippen LogP contribution in [-0.4, -0.2) is 46.4 Å². The van der Waals surface area contributed by atoms with E-state index < -0.39 is 24.5 Å². The third-order valence-electron chi connectivity index (χ3n) is 6.35. The fourth-order valence-electron chi connectivity index (χ4n) is 5.21. The molecule has 3 fully saturated rings. The maximum atomic E-state index is 13.0. The summed E-state index contributed by atoms with van der Waals surface area (Å²) in [6.45, 7) is 4.66. The minimum absolute atomic E-state index is 0.220. The van der Waals surface area contributed by atoms with Crippen LogP contribution < -0.4 is 5.32 Å². The zero-order chi connectivity index (χ0) is 20.9. The molecule has 5 atom stereocenters. The number of rotatable bonds is 6. The van der Waals surface area contributed by atoms with E-state index in [1.54, 1.807) is 20.8 Å². The van der Waals surface area contributed by atoms with E-state index in [1.165, 1.54) is 6.07 Å². The van der Waals surface area contributed by atoms with Gasteiger partial charge in [-0.15, -0.1) is 0 Å².